The molecule has 5 nitrogen and oxygen atoms in total. The summed E-state index contributed by atoms with van der Waals surface area (Å²) in [7, 11) is -4.38. The molecule has 0 spiro atoms. The Kier molecular flexibility index (Phi) is 3.71. The van der Waals surface area contributed by atoms with Gasteiger partial charge in [0.2, 0.25) is 0 Å². The first-order chi connectivity index (χ1) is 4.06. The van der Waals surface area contributed by atoms with Gasteiger partial charge in [0.1, 0.15) is 0 Å². The number of nitrogens with two attached hydrogens (primary N) is 1. The van der Waals surface area contributed by atoms with E-state index in [2.05, 4.69) is 10.2 Å². The van der Waals surface area contributed by atoms with Crippen LogP contribution in [0.2, 0.25) is 0 Å². The van der Waals surface area contributed by atoms with Gasteiger partial charge >= 0.3 is 10.4 Å². The van der Waals surface area contributed by atoms with Crippen LogP contribution in [0.1, 0.15) is 19.3 Å². The zero-order valence-electron chi connectivity index (χ0n) is 4.78. The van der Waals surface area contributed by atoms with Gasteiger partial charge in [0.05, 0.1) is 0 Å². The van der Waals surface area contributed by atoms with Crippen LogP contribution in [0.4, 0.5) is 0 Å². The molecule has 0 unspecified atom stereocenters. The minimum Gasteiger partial charge on any atom is -0.262 e. The third kappa shape index (κ3) is 18.1. The lowest BCUT2D eigenvalue weighted by atomic mass is 11.0. The van der Waals surface area contributed by atoms with Crippen molar-refractivity contribution in [2.75, 3.05) is 0 Å². The van der Waals surface area contributed by atoms with Crippen molar-refractivity contribution < 1.29 is 17.3 Å². The van der Waals surface area contributed by atoms with Crippen LogP contribution in [-0.4, -0.2) is 13.0 Å². The summed E-state index contributed by atoms with van der Waals surface area (Å²) in [6.45, 7) is 0. The Labute approximate surface area is 53.7 Å². The molecule has 6 heteroatoms. The minimum absolute atomic E-state index is 1.50. The second-order valence-corrected chi connectivity index (χ2v) is 2.63. The molecular formula is C3H9NO4S. The maximum Gasteiger partial charge on any atom is 0.413 e. The topological polar surface area (TPSA) is 89.6 Å². The lowest BCUT2D eigenvalue weighted by Gasteiger charge is -1.81. The molecule has 0 aliphatic heterocycles. The Morgan fingerprint density at radius 3 is 1.56 bits per heavy atom. The molecule has 9 heavy (non-hydrogen) atoms. The quantitative estimate of drug-likeness (QED) is 0.406. The summed E-state index contributed by atoms with van der Waals surface area (Å²) in [6, 6.07) is 0. The lowest BCUT2D eigenvalue weighted by molar-refractivity contribution is 0.277. The van der Waals surface area contributed by atoms with Crippen molar-refractivity contribution >= 4 is 10.4 Å². The van der Waals surface area contributed by atoms with Crippen LogP contribution in [-0.2, 0) is 14.7 Å². The van der Waals surface area contributed by atoms with Crippen LogP contribution in [0.15, 0.2) is 0 Å². The number of hydrogen-bond donors (Lipinski definition) is 2. The zero-order valence-corrected chi connectivity index (χ0v) is 5.60. The Balaban J connectivity index is 0.000000173. The van der Waals surface area contributed by atoms with Crippen LogP contribution >= 0.6 is 0 Å². The van der Waals surface area contributed by atoms with E-state index in [0.717, 1.165) is 0 Å². The van der Waals surface area contributed by atoms with Crippen molar-refractivity contribution in [1.82, 2.24) is 0 Å². The summed E-state index contributed by atoms with van der Waals surface area (Å²) in [6.07, 6.45) is 4.50. The van der Waals surface area contributed by atoms with Crippen LogP contribution in [0, 0.1) is 0 Å². The summed E-state index contributed by atoms with van der Waals surface area (Å²) < 4.78 is 28.8. The fourth-order valence-corrected chi connectivity index (χ4v) is 0. The zero-order chi connectivity index (χ0) is 7.33. The Bertz CT molecular complexity index is 146. The largest absolute Gasteiger partial charge is 0.413 e. The van der Waals surface area contributed by atoms with Crippen molar-refractivity contribution in [2.24, 2.45) is 5.90 Å². The summed E-state index contributed by atoms with van der Waals surface area (Å²) in [5.41, 5.74) is 0. The van der Waals surface area contributed by atoms with E-state index in [9.17, 15) is 8.42 Å². The summed E-state index contributed by atoms with van der Waals surface area (Å²) >= 11 is 0. The van der Waals surface area contributed by atoms with Gasteiger partial charge in [-0.05, 0) is 0 Å². The summed E-state index contributed by atoms with van der Waals surface area (Å²) in [4.78, 5) is 0. The number of rotatable bonds is 1. The highest BCUT2D eigenvalue weighted by atomic mass is 32.3. The molecular weight excluding hydrogens is 146 g/mol. The fourth-order valence-electron chi connectivity index (χ4n) is 0. The van der Waals surface area contributed by atoms with Gasteiger partial charge in [0.25, 0.3) is 0 Å². The highest BCUT2D eigenvalue weighted by Gasteiger charge is 1.95. The summed E-state index contributed by atoms with van der Waals surface area (Å²) in [5.74, 6) is 3.97. The lowest BCUT2D eigenvalue weighted by Crippen LogP contribution is -2.08. The van der Waals surface area contributed by atoms with E-state index in [0.29, 0.717) is 0 Å². The van der Waals surface area contributed by atoms with Crippen molar-refractivity contribution in [3.8, 4) is 0 Å². The first kappa shape index (κ1) is 8.83. The standard InChI is InChI=1S/C3H6.H3NO4S/c1-2-3-1;1-5-6(2,3)4/h1-3H2;1H2,(H,2,3,4). The number of hydrogen-bond acceptors (Lipinski definition) is 4. The van der Waals surface area contributed by atoms with E-state index in [1.807, 2.05) is 0 Å². The summed E-state index contributed by atoms with van der Waals surface area (Å²) in [5, 5.41) is 0. The molecule has 0 radical (unpaired) electrons. The minimum atomic E-state index is -4.38. The predicted molar refractivity (Wildman–Crippen MR) is 30.7 cm³/mol. The van der Waals surface area contributed by atoms with Gasteiger partial charge in [-0.25, -0.2) is 0 Å². The van der Waals surface area contributed by atoms with Crippen LogP contribution < -0.4 is 5.90 Å². The molecule has 0 amide bonds. The van der Waals surface area contributed by atoms with Crippen molar-refractivity contribution in [1.29, 1.82) is 0 Å². The van der Waals surface area contributed by atoms with Crippen molar-refractivity contribution in [3.05, 3.63) is 0 Å². The average molecular weight is 155 g/mol. The van der Waals surface area contributed by atoms with E-state index >= 15 is 0 Å². The van der Waals surface area contributed by atoms with Crippen molar-refractivity contribution in [3.63, 3.8) is 0 Å². The van der Waals surface area contributed by atoms with Crippen molar-refractivity contribution in [2.45, 2.75) is 19.3 Å². The maximum absolute atomic E-state index is 9.21. The second-order valence-electron chi connectivity index (χ2n) is 1.58. The first-order valence-corrected chi connectivity index (χ1v) is 3.78. The molecule has 0 aromatic carbocycles. The second kappa shape index (κ2) is 3.78. The molecule has 0 bridgehead atoms. The van der Waals surface area contributed by atoms with E-state index in [4.69, 9.17) is 4.55 Å². The van der Waals surface area contributed by atoms with Crippen LogP contribution in [0.5, 0.6) is 0 Å². The SMILES string of the molecule is C1CC1.NOS(=O)(=O)O. The molecule has 0 heterocycles. The monoisotopic (exact) mass is 155 g/mol. The molecule has 0 aromatic heterocycles. The molecule has 1 fully saturated rings. The molecule has 1 saturated carbocycles. The molecule has 0 saturated heterocycles. The van der Waals surface area contributed by atoms with Gasteiger partial charge in [-0.2, -0.15) is 18.6 Å². The first-order valence-electron chi connectivity index (χ1n) is 2.42. The van der Waals surface area contributed by atoms with Gasteiger partial charge in [-0.3, -0.25) is 4.55 Å². The molecule has 0 atom stereocenters. The van der Waals surface area contributed by atoms with E-state index < -0.39 is 10.4 Å². The molecule has 1 aliphatic rings. The van der Waals surface area contributed by atoms with E-state index in [-0.39, 0.29) is 0 Å². The highest BCUT2D eigenvalue weighted by Crippen LogP contribution is 2.14. The molecule has 0 aromatic rings. The van der Waals surface area contributed by atoms with Gasteiger partial charge in [0, 0.05) is 0 Å². The smallest absolute Gasteiger partial charge is 0.262 e. The molecule has 56 valence electrons. The normalized spacial score (nSPS) is 15.8. The molecule has 1 rings (SSSR count). The Hall–Kier alpha value is -0.170. The van der Waals surface area contributed by atoms with Crippen LogP contribution in [0.25, 0.3) is 0 Å². The molecule has 1 aliphatic carbocycles. The molecule has 3 N–H and O–H groups in total. The predicted octanol–water partition coefficient (Wildman–Crippen LogP) is -0.150. The third-order valence-electron chi connectivity index (χ3n) is 0.475. The Morgan fingerprint density at radius 2 is 1.56 bits per heavy atom. The third-order valence-corrected chi connectivity index (χ3v) is 0.718. The highest BCUT2D eigenvalue weighted by molar-refractivity contribution is 7.80. The Morgan fingerprint density at radius 1 is 1.33 bits per heavy atom. The van der Waals surface area contributed by atoms with E-state index in [1.54, 1.807) is 0 Å². The van der Waals surface area contributed by atoms with Gasteiger partial charge in [-0.15, -0.1) is 0 Å². The van der Waals surface area contributed by atoms with Crippen LogP contribution in [0.3, 0.4) is 0 Å². The van der Waals surface area contributed by atoms with E-state index in [1.165, 1.54) is 19.3 Å². The van der Waals surface area contributed by atoms with Gasteiger partial charge in [-0.1, -0.05) is 19.3 Å². The average Bonchev–Trinajstić information content (AvgIpc) is 2.45. The van der Waals surface area contributed by atoms with Gasteiger partial charge in [0.15, 0.2) is 0 Å². The van der Waals surface area contributed by atoms with Gasteiger partial charge < -0.3 is 0 Å². The maximum atomic E-state index is 9.21. The fraction of sp³-hybridized carbons (Fsp3) is 1.00.